The van der Waals surface area contributed by atoms with Crippen molar-refractivity contribution in [3.8, 4) is 17.2 Å². The Hall–Kier alpha value is -3.35. The molecule has 0 aliphatic rings. The van der Waals surface area contributed by atoms with Gasteiger partial charge >= 0.3 is 0 Å². The number of nitrogens with one attached hydrogen (secondary N) is 1. The van der Waals surface area contributed by atoms with Crippen molar-refractivity contribution in [3.05, 3.63) is 59.9 Å². The molecule has 0 saturated heterocycles. The number of nitrogens with zero attached hydrogens (tertiary/aromatic N) is 3. The van der Waals surface area contributed by atoms with Gasteiger partial charge in [0.25, 0.3) is 5.91 Å². The van der Waals surface area contributed by atoms with Crippen LogP contribution in [0.25, 0.3) is 5.69 Å². The van der Waals surface area contributed by atoms with Gasteiger partial charge in [0.1, 0.15) is 11.5 Å². The van der Waals surface area contributed by atoms with Gasteiger partial charge in [-0.2, -0.15) is 0 Å². The van der Waals surface area contributed by atoms with E-state index in [4.69, 9.17) is 9.47 Å². The largest absolute Gasteiger partial charge is 0.497 e. The first kappa shape index (κ1) is 17.5. The highest BCUT2D eigenvalue weighted by molar-refractivity contribution is 6.03. The molecule has 134 valence electrons. The quantitative estimate of drug-likeness (QED) is 0.737. The van der Waals surface area contributed by atoms with Crippen molar-refractivity contribution in [2.75, 3.05) is 19.0 Å². The number of hydrogen-bond acceptors (Lipinski definition) is 5. The van der Waals surface area contributed by atoms with Crippen LogP contribution in [0.15, 0.2) is 48.5 Å². The van der Waals surface area contributed by atoms with Crippen LogP contribution in [-0.2, 0) is 0 Å². The summed E-state index contributed by atoms with van der Waals surface area (Å²) in [4.78, 5) is 12.5. The second-order valence-electron chi connectivity index (χ2n) is 5.55. The number of carbonyl (C=O) groups is 1. The van der Waals surface area contributed by atoms with Crippen LogP contribution in [0, 0.1) is 6.92 Å². The van der Waals surface area contributed by atoms with Crippen molar-refractivity contribution in [1.82, 2.24) is 15.0 Å². The fourth-order valence-electron chi connectivity index (χ4n) is 2.53. The molecule has 7 heteroatoms. The summed E-state index contributed by atoms with van der Waals surface area (Å²) in [6, 6.07) is 14.6. The smallest absolute Gasteiger partial charge is 0.278 e. The fourth-order valence-corrected chi connectivity index (χ4v) is 2.53. The molecule has 0 saturated carbocycles. The summed E-state index contributed by atoms with van der Waals surface area (Å²) in [5, 5.41) is 10.9. The van der Waals surface area contributed by atoms with Gasteiger partial charge in [0, 0.05) is 11.8 Å². The molecular weight excluding hydrogens is 332 g/mol. The molecule has 0 radical (unpaired) electrons. The Kier molecular flexibility index (Phi) is 5.17. The Morgan fingerprint density at radius 3 is 2.62 bits per heavy atom. The van der Waals surface area contributed by atoms with Gasteiger partial charge in [0.05, 0.1) is 25.1 Å². The molecule has 0 bridgehead atoms. The van der Waals surface area contributed by atoms with Crippen molar-refractivity contribution in [2.45, 2.75) is 13.8 Å². The predicted molar refractivity (Wildman–Crippen MR) is 98.2 cm³/mol. The lowest BCUT2D eigenvalue weighted by molar-refractivity contribution is 0.102. The van der Waals surface area contributed by atoms with Gasteiger partial charge in [-0.3, -0.25) is 4.79 Å². The Morgan fingerprint density at radius 1 is 1.15 bits per heavy atom. The fraction of sp³-hybridized carbons (Fsp3) is 0.211. The number of aromatic nitrogens is 3. The van der Waals surface area contributed by atoms with Gasteiger partial charge in [-0.25, -0.2) is 4.68 Å². The highest BCUT2D eigenvalue weighted by atomic mass is 16.5. The Bertz CT molecular complexity index is 903. The molecule has 1 aromatic heterocycles. The first-order chi connectivity index (χ1) is 12.6. The average Bonchev–Trinajstić information content (AvgIpc) is 3.04. The minimum absolute atomic E-state index is 0.265. The highest BCUT2D eigenvalue weighted by Gasteiger charge is 2.17. The van der Waals surface area contributed by atoms with Crippen LogP contribution >= 0.6 is 0 Å². The molecule has 2 aromatic carbocycles. The topological polar surface area (TPSA) is 78.3 Å². The van der Waals surface area contributed by atoms with Gasteiger partial charge in [0.15, 0.2) is 5.69 Å². The van der Waals surface area contributed by atoms with Gasteiger partial charge in [-0.1, -0.05) is 11.3 Å². The third-order valence-electron chi connectivity index (χ3n) is 3.83. The molecule has 1 heterocycles. The molecule has 0 aliphatic carbocycles. The van der Waals surface area contributed by atoms with E-state index in [1.165, 1.54) is 0 Å². The second-order valence-corrected chi connectivity index (χ2v) is 5.55. The van der Waals surface area contributed by atoms with Crippen LogP contribution in [-0.4, -0.2) is 34.6 Å². The van der Waals surface area contributed by atoms with Crippen LogP contribution in [0.5, 0.6) is 11.5 Å². The molecule has 1 amide bonds. The maximum absolute atomic E-state index is 12.5. The van der Waals surface area contributed by atoms with E-state index < -0.39 is 0 Å². The summed E-state index contributed by atoms with van der Waals surface area (Å²) in [6.07, 6.45) is 0. The number of anilines is 1. The van der Waals surface area contributed by atoms with Gasteiger partial charge in [-0.05, 0) is 50.2 Å². The van der Waals surface area contributed by atoms with Gasteiger partial charge in [-0.15, -0.1) is 5.10 Å². The number of amides is 1. The summed E-state index contributed by atoms with van der Waals surface area (Å²) in [6.45, 7) is 4.34. The Labute approximate surface area is 151 Å². The van der Waals surface area contributed by atoms with Crippen LogP contribution in [0.3, 0.4) is 0 Å². The molecule has 0 spiro atoms. The summed E-state index contributed by atoms with van der Waals surface area (Å²) in [7, 11) is 1.58. The van der Waals surface area contributed by atoms with Crippen molar-refractivity contribution in [2.24, 2.45) is 0 Å². The van der Waals surface area contributed by atoms with Crippen LogP contribution in [0.4, 0.5) is 5.69 Å². The van der Waals surface area contributed by atoms with E-state index in [9.17, 15) is 4.79 Å². The van der Waals surface area contributed by atoms with E-state index in [1.54, 1.807) is 36.9 Å². The van der Waals surface area contributed by atoms with Crippen molar-refractivity contribution < 1.29 is 14.3 Å². The SMILES string of the molecule is CCOc1ccc(-n2nnc(C(=O)Nc3cccc(OC)c3)c2C)cc1. The molecular formula is C19H20N4O3. The third-order valence-corrected chi connectivity index (χ3v) is 3.83. The molecule has 3 rings (SSSR count). The number of methoxy groups -OCH3 is 1. The number of hydrogen-bond donors (Lipinski definition) is 1. The average molecular weight is 352 g/mol. The highest BCUT2D eigenvalue weighted by Crippen LogP contribution is 2.20. The summed E-state index contributed by atoms with van der Waals surface area (Å²) < 4.78 is 12.2. The number of carbonyl (C=O) groups excluding carboxylic acids is 1. The third kappa shape index (κ3) is 3.66. The molecule has 0 fully saturated rings. The first-order valence-corrected chi connectivity index (χ1v) is 8.23. The second kappa shape index (κ2) is 7.69. The zero-order chi connectivity index (χ0) is 18.5. The number of rotatable bonds is 6. The lowest BCUT2D eigenvalue weighted by atomic mass is 10.2. The van der Waals surface area contributed by atoms with E-state index in [0.29, 0.717) is 23.7 Å². The van der Waals surface area contributed by atoms with E-state index in [2.05, 4.69) is 15.6 Å². The summed E-state index contributed by atoms with van der Waals surface area (Å²) in [5.41, 5.74) is 2.35. The lowest BCUT2D eigenvalue weighted by Gasteiger charge is -2.07. The standard InChI is InChI=1S/C19H20N4O3/c1-4-26-16-10-8-15(9-11-16)23-13(2)18(21-22-23)19(24)20-14-6-5-7-17(12-14)25-3/h5-12H,4H2,1-3H3,(H,20,24). The lowest BCUT2D eigenvalue weighted by Crippen LogP contribution is -2.14. The predicted octanol–water partition coefficient (Wildman–Crippen LogP) is 3.24. The maximum atomic E-state index is 12.5. The molecule has 0 atom stereocenters. The van der Waals surface area contributed by atoms with Crippen LogP contribution < -0.4 is 14.8 Å². The molecule has 0 aliphatic heterocycles. The van der Waals surface area contributed by atoms with Crippen molar-refractivity contribution in [3.63, 3.8) is 0 Å². The molecule has 7 nitrogen and oxygen atoms in total. The number of ether oxygens (including phenoxy) is 2. The molecule has 26 heavy (non-hydrogen) atoms. The minimum Gasteiger partial charge on any atom is -0.497 e. The van der Waals surface area contributed by atoms with E-state index in [1.807, 2.05) is 37.3 Å². The van der Waals surface area contributed by atoms with Gasteiger partial charge < -0.3 is 14.8 Å². The van der Waals surface area contributed by atoms with E-state index in [-0.39, 0.29) is 11.6 Å². The number of benzene rings is 2. The Balaban J connectivity index is 1.80. The van der Waals surface area contributed by atoms with Crippen molar-refractivity contribution >= 4 is 11.6 Å². The van der Waals surface area contributed by atoms with Crippen molar-refractivity contribution in [1.29, 1.82) is 0 Å². The van der Waals surface area contributed by atoms with E-state index in [0.717, 1.165) is 11.4 Å². The zero-order valence-electron chi connectivity index (χ0n) is 14.9. The Morgan fingerprint density at radius 2 is 1.92 bits per heavy atom. The molecule has 1 N–H and O–H groups in total. The summed E-state index contributed by atoms with van der Waals surface area (Å²) in [5.74, 6) is 1.12. The monoisotopic (exact) mass is 352 g/mol. The maximum Gasteiger partial charge on any atom is 0.278 e. The first-order valence-electron chi connectivity index (χ1n) is 8.23. The van der Waals surface area contributed by atoms with Crippen LogP contribution in [0.2, 0.25) is 0 Å². The van der Waals surface area contributed by atoms with E-state index >= 15 is 0 Å². The van der Waals surface area contributed by atoms with Gasteiger partial charge in [0.2, 0.25) is 0 Å². The zero-order valence-corrected chi connectivity index (χ0v) is 14.9. The molecule has 3 aromatic rings. The molecule has 0 unspecified atom stereocenters. The van der Waals surface area contributed by atoms with Crippen LogP contribution in [0.1, 0.15) is 23.1 Å². The normalized spacial score (nSPS) is 10.4. The minimum atomic E-state index is -0.326. The summed E-state index contributed by atoms with van der Waals surface area (Å²) >= 11 is 0.